The van der Waals surface area contributed by atoms with Crippen LogP contribution in [0.2, 0.25) is 0 Å². The van der Waals surface area contributed by atoms with Gasteiger partial charge in [0.15, 0.2) is 0 Å². The molecule has 0 aliphatic heterocycles. The molecule has 0 aromatic rings. The minimum Gasteiger partial charge on any atom is -0.481 e. The molecule has 0 saturated heterocycles. The lowest BCUT2D eigenvalue weighted by Gasteiger charge is -2.18. The third kappa shape index (κ3) is 40.3. The van der Waals surface area contributed by atoms with Crippen molar-refractivity contribution >= 4 is 17.9 Å². The molecule has 0 amide bonds. The van der Waals surface area contributed by atoms with E-state index < -0.39 is 11.9 Å². The molecule has 50 heavy (non-hydrogen) atoms. The number of carboxylic acid groups (broad SMARTS) is 2. The van der Waals surface area contributed by atoms with Crippen molar-refractivity contribution in [3.05, 3.63) is 24.3 Å². The average molecular weight is 706 g/mol. The number of carboxylic acids is 2. The summed E-state index contributed by atoms with van der Waals surface area (Å²) < 4.78 is 5.98. The van der Waals surface area contributed by atoms with Crippen molar-refractivity contribution in [2.45, 2.75) is 212 Å². The van der Waals surface area contributed by atoms with Gasteiger partial charge >= 0.3 is 17.9 Å². The van der Waals surface area contributed by atoms with Crippen molar-refractivity contribution in [2.75, 3.05) is 20.6 Å². The maximum atomic E-state index is 12.5. The Bertz CT molecular complexity index is 785. The van der Waals surface area contributed by atoms with E-state index in [1.807, 2.05) is 14.1 Å². The quantitative estimate of drug-likeness (QED) is 0.0372. The van der Waals surface area contributed by atoms with Crippen molar-refractivity contribution in [1.29, 1.82) is 0 Å². The second kappa shape index (κ2) is 38.1. The lowest BCUT2D eigenvalue weighted by atomic mass is 10.0. The molecule has 0 rings (SSSR count). The van der Waals surface area contributed by atoms with Gasteiger partial charge in [-0.1, -0.05) is 114 Å². The van der Waals surface area contributed by atoms with Gasteiger partial charge in [0, 0.05) is 19.3 Å². The summed E-state index contributed by atoms with van der Waals surface area (Å²) in [6.07, 6.45) is 43.7. The highest BCUT2D eigenvalue weighted by molar-refractivity contribution is 5.69. The normalized spacial score (nSPS) is 11.8. The van der Waals surface area contributed by atoms with Gasteiger partial charge in [0.05, 0.1) is 0 Å². The molecular formula is C43H79NO6. The first kappa shape index (κ1) is 47.8. The Morgan fingerprint density at radius 2 is 0.780 bits per heavy atom. The molecule has 7 nitrogen and oxygen atoms in total. The van der Waals surface area contributed by atoms with E-state index >= 15 is 0 Å². The molecule has 0 aromatic carbocycles. The lowest BCUT2D eigenvalue weighted by Crippen LogP contribution is -2.20. The van der Waals surface area contributed by atoms with E-state index in [2.05, 4.69) is 29.2 Å². The zero-order valence-electron chi connectivity index (χ0n) is 32.7. The van der Waals surface area contributed by atoms with E-state index in [0.717, 1.165) is 90.0 Å². The predicted molar refractivity (Wildman–Crippen MR) is 210 cm³/mol. The Morgan fingerprint density at radius 3 is 1.12 bits per heavy atom. The van der Waals surface area contributed by atoms with Crippen molar-refractivity contribution in [1.82, 2.24) is 4.90 Å². The molecule has 0 spiro atoms. The highest BCUT2D eigenvalue weighted by Gasteiger charge is 2.14. The van der Waals surface area contributed by atoms with E-state index in [4.69, 9.17) is 14.9 Å². The molecule has 292 valence electrons. The molecule has 0 aromatic heterocycles. The first-order valence-electron chi connectivity index (χ1n) is 20.9. The summed E-state index contributed by atoms with van der Waals surface area (Å²) in [4.78, 5) is 35.7. The fraction of sp³-hybridized carbons (Fsp3) is 0.837. The van der Waals surface area contributed by atoms with Crippen molar-refractivity contribution in [3.8, 4) is 0 Å². The van der Waals surface area contributed by atoms with Gasteiger partial charge in [-0.25, -0.2) is 0 Å². The molecule has 0 saturated carbocycles. The van der Waals surface area contributed by atoms with Crippen LogP contribution in [0.15, 0.2) is 24.3 Å². The van der Waals surface area contributed by atoms with Gasteiger partial charge in [-0.2, -0.15) is 0 Å². The standard InChI is InChI=1S/C43H79NO6/c1-44(2)39-33-38-43(49)50-40(34-29-25-21-17-13-9-5-3-7-11-15-19-23-27-31-36-41(45)46)35-30-26-22-18-14-10-6-4-8-12-16-20-24-28-32-37-42(47)48/h3-4,7-8,40H,5-6,9-39H2,1-2H3,(H,45,46)(H,47,48)/b7-3-,8-4-. The molecule has 0 aliphatic rings. The summed E-state index contributed by atoms with van der Waals surface area (Å²) in [5, 5.41) is 17.4. The molecule has 0 radical (unpaired) electrons. The van der Waals surface area contributed by atoms with Crippen molar-refractivity contribution in [2.24, 2.45) is 0 Å². The van der Waals surface area contributed by atoms with Crippen LogP contribution in [0.1, 0.15) is 205 Å². The molecule has 0 atom stereocenters. The fourth-order valence-corrected chi connectivity index (χ4v) is 6.34. The average Bonchev–Trinajstić information content (AvgIpc) is 3.06. The van der Waals surface area contributed by atoms with Crippen LogP contribution in [0.5, 0.6) is 0 Å². The second-order valence-electron chi connectivity index (χ2n) is 14.8. The van der Waals surface area contributed by atoms with Crippen LogP contribution in [0.4, 0.5) is 0 Å². The highest BCUT2D eigenvalue weighted by Crippen LogP contribution is 2.18. The number of esters is 1. The van der Waals surface area contributed by atoms with Crippen LogP contribution in [0.3, 0.4) is 0 Å². The first-order valence-corrected chi connectivity index (χ1v) is 20.9. The van der Waals surface area contributed by atoms with E-state index in [1.165, 1.54) is 103 Å². The van der Waals surface area contributed by atoms with Gasteiger partial charge in [0.25, 0.3) is 0 Å². The Balaban J connectivity index is 3.93. The summed E-state index contributed by atoms with van der Waals surface area (Å²) in [5.74, 6) is -1.39. The van der Waals surface area contributed by atoms with Crippen LogP contribution < -0.4 is 0 Å². The summed E-state index contributed by atoms with van der Waals surface area (Å²) in [6, 6.07) is 0. The third-order valence-corrected chi connectivity index (χ3v) is 9.43. The number of carbonyl (C=O) groups is 3. The van der Waals surface area contributed by atoms with E-state index in [-0.39, 0.29) is 12.1 Å². The zero-order chi connectivity index (χ0) is 36.8. The van der Waals surface area contributed by atoms with E-state index in [1.54, 1.807) is 0 Å². The summed E-state index contributed by atoms with van der Waals surface area (Å²) >= 11 is 0. The zero-order valence-corrected chi connectivity index (χ0v) is 32.7. The number of ether oxygens (including phenoxy) is 1. The SMILES string of the molecule is CN(C)CCCC(=O)OC(CCCCCCCC/C=C\CCCCCCCC(=O)O)CCCCCCCC/C=C\CCCCCCCC(=O)O. The number of allylic oxidation sites excluding steroid dienone is 4. The first-order chi connectivity index (χ1) is 24.3. The minimum atomic E-state index is -0.682. The highest BCUT2D eigenvalue weighted by atomic mass is 16.5. The number of nitrogens with zero attached hydrogens (tertiary/aromatic N) is 1. The van der Waals surface area contributed by atoms with Gasteiger partial charge in [-0.3, -0.25) is 14.4 Å². The van der Waals surface area contributed by atoms with Crippen molar-refractivity contribution < 1.29 is 29.3 Å². The molecular weight excluding hydrogens is 626 g/mol. The molecule has 0 unspecified atom stereocenters. The number of hydrogen-bond acceptors (Lipinski definition) is 5. The minimum absolute atomic E-state index is 0.0237. The molecule has 0 aliphatic carbocycles. The Morgan fingerprint density at radius 1 is 0.460 bits per heavy atom. The Labute approximate surface area is 308 Å². The predicted octanol–water partition coefficient (Wildman–Crippen LogP) is 12.2. The number of hydrogen-bond donors (Lipinski definition) is 2. The topological polar surface area (TPSA) is 104 Å². The summed E-state index contributed by atoms with van der Waals surface area (Å²) in [7, 11) is 4.08. The van der Waals surface area contributed by atoms with Gasteiger partial charge in [0.2, 0.25) is 0 Å². The lowest BCUT2D eigenvalue weighted by molar-refractivity contribution is -0.150. The Hall–Kier alpha value is -2.15. The largest absolute Gasteiger partial charge is 0.481 e. The van der Waals surface area contributed by atoms with Gasteiger partial charge in [-0.15, -0.1) is 0 Å². The molecule has 0 heterocycles. The number of unbranched alkanes of at least 4 members (excludes halogenated alkanes) is 22. The van der Waals surface area contributed by atoms with E-state index in [0.29, 0.717) is 19.3 Å². The number of rotatable bonds is 39. The molecule has 2 N–H and O–H groups in total. The monoisotopic (exact) mass is 706 g/mol. The van der Waals surface area contributed by atoms with Crippen LogP contribution in [-0.4, -0.2) is 59.8 Å². The summed E-state index contributed by atoms with van der Waals surface area (Å²) in [5.41, 5.74) is 0. The van der Waals surface area contributed by atoms with Crippen LogP contribution in [-0.2, 0) is 19.1 Å². The third-order valence-electron chi connectivity index (χ3n) is 9.43. The fourth-order valence-electron chi connectivity index (χ4n) is 6.34. The van der Waals surface area contributed by atoms with Crippen LogP contribution in [0.25, 0.3) is 0 Å². The maximum Gasteiger partial charge on any atom is 0.306 e. The molecule has 0 fully saturated rings. The van der Waals surface area contributed by atoms with Crippen LogP contribution >= 0.6 is 0 Å². The van der Waals surface area contributed by atoms with Crippen LogP contribution in [0, 0.1) is 0 Å². The van der Waals surface area contributed by atoms with E-state index in [9.17, 15) is 14.4 Å². The van der Waals surface area contributed by atoms with Gasteiger partial charge in [-0.05, 0) is 117 Å². The smallest absolute Gasteiger partial charge is 0.306 e. The van der Waals surface area contributed by atoms with Gasteiger partial charge < -0.3 is 19.8 Å². The van der Waals surface area contributed by atoms with Gasteiger partial charge in [0.1, 0.15) is 6.10 Å². The second-order valence-corrected chi connectivity index (χ2v) is 14.8. The maximum absolute atomic E-state index is 12.5. The number of aliphatic carboxylic acids is 2. The Kier molecular flexibility index (Phi) is 36.5. The molecule has 7 heteroatoms. The number of carbonyl (C=O) groups excluding carboxylic acids is 1. The van der Waals surface area contributed by atoms with Crippen molar-refractivity contribution in [3.63, 3.8) is 0 Å². The molecule has 0 bridgehead atoms. The summed E-state index contributed by atoms with van der Waals surface area (Å²) in [6.45, 7) is 0.917.